The predicted octanol–water partition coefficient (Wildman–Crippen LogP) is 4.26. The van der Waals surface area contributed by atoms with Crippen molar-refractivity contribution in [2.75, 3.05) is 20.8 Å². The number of ketones is 1. The summed E-state index contributed by atoms with van der Waals surface area (Å²) in [5.41, 5.74) is 1.82. The molecular weight excluding hydrogens is 614 g/mol. The number of ether oxygens (including phenoxy) is 3. The quantitative estimate of drug-likeness (QED) is 0.214. The lowest BCUT2D eigenvalue weighted by atomic mass is 9.96. The molecule has 48 heavy (non-hydrogen) atoms. The van der Waals surface area contributed by atoms with Gasteiger partial charge in [0.15, 0.2) is 11.5 Å². The molecule has 1 N–H and O–H groups in total. The van der Waals surface area contributed by atoms with Crippen LogP contribution >= 0.6 is 0 Å². The summed E-state index contributed by atoms with van der Waals surface area (Å²) >= 11 is 0. The molecule has 11 heteroatoms. The van der Waals surface area contributed by atoms with E-state index in [9.17, 15) is 24.0 Å². The van der Waals surface area contributed by atoms with Crippen molar-refractivity contribution in [3.05, 3.63) is 102 Å². The molecule has 3 aromatic carbocycles. The van der Waals surface area contributed by atoms with Crippen molar-refractivity contribution in [3.63, 3.8) is 0 Å². The van der Waals surface area contributed by atoms with Crippen molar-refractivity contribution in [1.82, 2.24) is 15.1 Å². The molecule has 1 aliphatic rings. The third-order valence-electron chi connectivity index (χ3n) is 7.72. The standard InChI is InChI=1S/C37H41N3O8/c1-23(2)33-36(44)39(22-32(41)38-28(19-25-13-9-7-10-14-25)34(42)37(45)48-24(3)4)29(27-17-18-30(46-5)31(20-27)47-6)21-40(33)35(43)26-15-11-8-12-16-26/h7-18,20-21,23-24,28,33H,19,22H2,1-6H3,(H,38,41)/t28-,33?/m0/s1. The molecule has 0 aliphatic carbocycles. The van der Waals surface area contributed by atoms with Crippen molar-refractivity contribution in [3.8, 4) is 11.5 Å². The zero-order valence-corrected chi connectivity index (χ0v) is 28.0. The van der Waals surface area contributed by atoms with Gasteiger partial charge in [-0.05, 0) is 55.7 Å². The van der Waals surface area contributed by atoms with Crippen molar-refractivity contribution in [2.24, 2.45) is 5.92 Å². The minimum atomic E-state index is -1.25. The third kappa shape index (κ3) is 8.28. The molecular formula is C37H41N3O8. The summed E-state index contributed by atoms with van der Waals surface area (Å²) in [5.74, 6) is -3.08. The molecule has 0 fully saturated rings. The Balaban J connectivity index is 1.75. The molecule has 0 aromatic heterocycles. The Morgan fingerprint density at radius 3 is 2.04 bits per heavy atom. The average molecular weight is 656 g/mol. The maximum absolute atomic E-state index is 14.4. The van der Waals surface area contributed by atoms with Crippen molar-refractivity contribution >= 4 is 35.2 Å². The molecule has 0 radical (unpaired) electrons. The van der Waals surface area contributed by atoms with E-state index in [1.54, 1.807) is 92.8 Å². The molecule has 252 valence electrons. The molecule has 3 amide bonds. The highest BCUT2D eigenvalue weighted by Crippen LogP contribution is 2.35. The minimum Gasteiger partial charge on any atom is -0.493 e. The second-order valence-corrected chi connectivity index (χ2v) is 11.9. The fourth-order valence-electron chi connectivity index (χ4n) is 5.45. The fourth-order valence-corrected chi connectivity index (χ4v) is 5.45. The van der Waals surface area contributed by atoms with Gasteiger partial charge in [0.1, 0.15) is 18.6 Å². The zero-order chi connectivity index (χ0) is 35.0. The van der Waals surface area contributed by atoms with Gasteiger partial charge in [0.25, 0.3) is 17.6 Å². The number of nitrogens with one attached hydrogen (secondary N) is 1. The van der Waals surface area contributed by atoms with Gasteiger partial charge in [0.2, 0.25) is 5.91 Å². The largest absolute Gasteiger partial charge is 0.493 e. The van der Waals surface area contributed by atoms with Crippen LogP contribution in [0.1, 0.15) is 49.2 Å². The summed E-state index contributed by atoms with van der Waals surface area (Å²) in [7, 11) is 2.97. The van der Waals surface area contributed by atoms with Gasteiger partial charge < -0.3 is 24.4 Å². The summed E-state index contributed by atoms with van der Waals surface area (Å²) in [5, 5.41) is 2.67. The first-order valence-electron chi connectivity index (χ1n) is 15.7. The number of hydrogen-bond acceptors (Lipinski definition) is 8. The number of carbonyl (C=O) groups is 5. The number of nitrogens with zero attached hydrogens (tertiary/aromatic N) is 2. The van der Waals surface area contributed by atoms with E-state index >= 15 is 0 Å². The molecule has 0 saturated carbocycles. The van der Waals surface area contributed by atoms with Crippen LogP contribution in [0.25, 0.3) is 5.70 Å². The van der Waals surface area contributed by atoms with E-state index in [-0.39, 0.29) is 23.9 Å². The molecule has 1 aliphatic heterocycles. The van der Waals surface area contributed by atoms with Crippen molar-refractivity contribution < 1.29 is 38.2 Å². The maximum atomic E-state index is 14.4. The van der Waals surface area contributed by atoms with Gasteiger partial charge in [0, 0.05) is 23.7 Å². The number of benzene rings is 3. The Morgan fingerprint density at radius 2 is 1.46 bits per heavy atom. The first-order valence-corrected chi connectivity index (χ1v) is 15.7. The van der Waals surface area contributed by atoms with Crippen LogP contribution in [0.15, 0.2) is 85.1 Å². The van der Waals surface area contributed by atoms with Gasteiger partial charge in [-0.25, -0.2) is 4.79 Å². The van der Waals surface area contributed by atoms with E-state index in [1.165, 1.54) is 24.0 Å². The molecule has 1 unspecified atom stereocenters. The number of amides is 3. The normalized spacial score (nSPS) is 15.1. The third-order valence-corrected chi connectivity index (χ3v) is 7.72. The predicted molar refractivity (Wildman–Crippen MR) is 179 cm³/mol. The smallest absolute Gasteiger partial charge is 0.377 e. The number of Topliss-reactive ketones (excluding diaryl/α,β-unsaturated/α-hetero) is 1. The number of methoxy groups -OCH3 is 2. The van der Waals surface area contributed by atoms with Crippen LogP contribution in [0.3, 0.4) is 0 Å². The molecule has 0 spiro atoms. The summed E-state index contributed by atoms with van der Waals surface area (Å²) in [6.45, 7) is 6.37. The first kappa shape index (κ1) is 35.4. The lowest BCUT2D eigenvalue weighted by molar-refractivity contribution is -0.157. The van der Waals surface area contributed by atoms with Crippen LogP contribution in [0.4, 0.5) is 0 Å². The van der Waals surface area contributed by atoms with E-state index in [0.29, 0.717) is 28.2 Å². The Bertz CT molecular complexity index is 1670. The molecule has 0 saturated heterocycles. The molecule has 4 rings (SSSR count). The van der Waals surface area contributed by atoms with E-state index in [1.807, 2.05) is 19.9 Å². The van der Waals surface area contributed by atoms with Gasteiger partial charge >= 0.3 is 5.97 Å². The van der Waals surface area contributed by atoms with E-state index in [4.69, 9.17) is 14.2 Å². The number of esters is 1. The summed E-state index contributed by atoms with van der Waals surface area (Å²) < 4.78 is 16.0. The summed E-state index contributed by atoms with van der Waals surface area (Å²) in [6, 6.07) is 20.3. The highest BCUT2D eigenvalue weighted by Gasteiger charge is 2.42. The lowest BCUT2D eigenvalue weighted by Gasteiger charge is -2.41. The van der Waals surface area contributed by atoms with Gasteiger partial charge in [0.05, 0.1) is 26.0 Å². The van der Waals surface area contributed by atoms with Crippen LogP contribution in [0.2, 0.25) is 0 Å². The molecule has 3 aromatic rings. The van der Waals surface area contributed by atoms with Crippen molar-refractivity contribution in [1.29, 1.82) is 0 Å². The second kappa shape index (κ2) is 15.9. The van der Waals surface area contributed by atoms with Gasteiger partial charge in [-0.2, -0.15) is 0 Å². The highest BCUT2D eigenvalue weighted by atomic mass is 16.5. The maximum Gasteiger partial charge on any atom is 0.377 e. The number of rotatable bonds is 13. The SMILES string of the molecule is COc1ccc(C2=CN(C(=O)c3ccccc3)C(C(C)C)C(=O)N2CC(=O)N[C@@H](Cc2ccccc2)C(=O)C(=O)OC(C)C)cc1OC. The van der Waals surface area contributed by atoms with Crippen LogP contribution in [-0.2, 0) is 30.3 Å². The van der Waals surface area contributed by atoms with Gasteiger partial charge in [-0.15, -0.1) is 0 Å². The first-order chi connectivity index (χ1) is 22.9. The topological polar surface area (TPSA) is 132 Å². The molecule has 0 bridgehead atoms. The van der Waals surface area contributed by atoms with Gasteiger partial charge in [-0.3, -0.25) is 24.1 Å². The van der Waals surface area contributed by atoms with Crippen molar-refractivity contribution in [2.45, 2.75) is 52.3 Å². The monoisotopic (exact) mass is 655 g/mol. The summed E-state index contributed by atoms with van der Waals surface area (Å²) in [4.78, 5) is 70.5. The molecule has 2 atom stereocenters. The Morgan fingerprint density at radius 1 is 0.833 bits per heavy atom. The van der Waals surface area contributed by atoms with Crippen LogP contribution in [-0.4, -0.2) is 78.2 Å². The Labute approximate surface area is 280 Å². The molecule has 1 heterocycles. The van der Waals surface area contributed by atoms with Crippen LogP contribution in [0, 0.1) is 5.92 Å². The molecule has 11 nitrogen and oxygen atoms in total. The zero-order valence-electron chi connectivity index (χ0n) is 28.0. The summed E-state index contributed by atoms with van der Waals surface area (Å²) in [6.07, 6.45) is 1.05. The van der Waals surface area contributed by atoms with Crippen LogP contribution in [0.5, 0.6) is 11.5 Å². The number of carbonyl (C=O) groups excluding carboxylic acids is 5. The minimum absolute atomic E-state index is 0.0267. The fraction of sp³-hybridized carbons (Fsp3) is 0.324. The lowest BCUT2D eigenvalue weighted by Crippen LogP contribution is -2.57. The second-order valence-electron chi connectivity index (χ2n) is 11.9. The van der Waals surface area contributed by atoms with Crippen LogP contribution < -0.4 is 14.8 Å². The van der Waals surface area contributed by atoms with E-state index < -0.39 is 48.3 Å². The number of hydrogen-bond donors (Lipinski definition) is 1. The van der Waals surface area contributed by atoms with E-state index in [2.05, 4.69) is 5.32 Å². The Hall–Kier alpha value is -5.45. The highest BCUT2D eigenvalue weighted by molar-refractivity contribution is 6.36. The Kier molecular flexibility index (Phi) is 11.7. The van der Waals surface area contributed by atoms with Gasteiger partial charge in [-0.1, -0.05) is 62.4 Å². The van der Waals surface area contributed by atoms with E-state index in [0.717, 1.165) is 0 Å². The average Bonchev–Trinajstić information content (AvgIpc) is 3.08.